The zero-order chi connectivity index (χ0) is 14.1. The van der Waals surface area contributed by atoms with Crippen molar-refractivity contribution in [1.82, 2.24) is 24.7 Å². The molecule has 0 radical (unpaired) electrons. The van der Waals surface area contributed by atoms with Gasteiger partial charge >= 0.3 is 0 Å². The molecule has 102 valence electrons. The zero-order valence-electron chi connectivity index (χ0n) is 11.4. The Hall–Kier alpha value is -2.50. The zero-order valence-corrected chi connectivity index (χ0v) is 11.4. The van der Waals surface area contributed by atoms with E-state index in [2.05, 4.69) is 27.0 Å². The molecule has 3 aromatic heterocycles. The van der Waals surface area contributed by atoms with E-state index in [1.807, 2.05) is 12.1 Å². The Morgan fingerprint density at radius 3 is 2.75 bits per heavy atom. The molecule has 0 amide bonds. The Kier molecular flexibility index (Phi) is 3.06. The molecule has 3 heterocycles. The fraction of sp³-hybridized carbons (Fsp3) is 0.286. The van der Waals surface area contributed by atoms with Crippen molar-refractivity contribution in [3.63, 3.8) is 0 Å². The van der Waals surface area contributed by atoms with Gasteiger partial charge in [-0.1, -0.05) is 13.3 Å². The first-order valence-electron chi connectivity index (χ1n) is 6.57. The maximum absolute atomic E-state index is 12.2. The Balaban J connectivity index is 2.27. The van der Waals surface area contributed by atoms with Gasteiger partial charge in [-0.2, -0.15) is 5.10 Å². The number of fused-ring (bicyclic) bond motifs is 1. The van der Waals surface area contributed by atoms with Crippen molar-refractivity contribution < 1.29 is 0 Å². The highest BCUT2D eigenvalue weighted by Crippen LogP contribution is 2.18. The molecule has 3 aromatic rings. The second-order valence-electron chi connectivity index (χ2n) is 4.67. The smallest absolute Gasteiger partial charge is 0.277 e. The first-order chi connectivity index (χ1) is 9.70. The van der Waals surface area contributed by atoms with Crippen molar-refractivity contribution in [2.24, 2.45) is 7.05 Å². The fourth-order valence-corrected chi connectivity index (χ4v) is 2.30. The number of rotatable bonds is 3. The molecule has 0 atom stereocenters. The van der Waals surface area contributed by atoms with E-state index >= 15 is 0 Å². The molecule has 1 N–H and O–H groups in total. The predicted molar refractivity (Wildman–Crippen MR) is 76.4 cm³/mol. The molecule has 0 saturated carbocycles. The first kappa shape index (κ1) is 12.5. The number of hydrogen-bond acceptors (Lipinski definition) is 4. The molecule has 0 bridgehead atoms. The molecule has 0 aromatic carbocycles. The number of aryl methyl sites for hydroxylation is 2. The first-order valence-corrected chi connectivity index (χ1v) is 6.57. The Morgan fingerprint density at radius 2 is 2.05 bits per heavy atom. The molecule has 6 heteroatoms. The van der Waals surface area contributed by atoms with Crippen LogP contribution in [0.4, 0.5) is 0 Å². The molecule has 0 aliphatic heterocycles. The van der Waals surface area contributed by atoms with E-state index < -0.39 is 0 Å². The van der Waals surface area contributed by atoms with Crippen LogP contribution in [-0.4, -0.2) is 24.7 Å². The molecular formula is C14H15N5O. The van der Waals surface area contributed by atoms with Gasteiger partial charge in [-0.25, -0.2) is 4.98 Å². The number of H-pyrrole nitrogens is 1. The van der Waals surface area contributed by atoms with Crippen molar-refractivity contribution in [2.75, 3.05) is 0 Å². The number of aromatic amines is 1. The van der Waals surface area contributed by atoms with Crippen LogP contribution in [0.5, 0.6) is 0 Å². The predicted octanol–water partition coefficient (Wildman–Crippen LogP) is 1.67. The number of nitrogens with one attached hydrogen (secondary N) is 1. The van der Waals surface area contributed by atoms with E-state index in [4.69, 9.17) is 0 Å². The van der Waals surface area contributed by atoms with E-state index in [1.54, 1.807) is 24.1 Å². The molecule has 0 saturated heterocycles. The molecule has 0 spiro atoms. The molecule has 6 nitrogen and oxygen atoms in total. The highest BCUT2D eigenvalue weighted by atomic mass is 16.1. The third-order valence-electron chi connectivity index (χ3n) is 3.20. The minimum absolute atomic E-state index is 0.167. The average molecular weight is 269 g/mol. The Morgan fingerprint density at radius 1 is 1.30 bits per heavy atom. The van der Waals surface area contributed by atoms with E-state index in [-0.39, 0.29) is 5.56 Å². The molecule has 3 rings (SSSR count). The fourth-order valence-electron chi connectivity index (χ4n) is 2.30. The maximum atomic E-state index is 12.2. The summed E-state index contributed by atoms with van der Waals surface area (Å²) in [4.78, 5) is 23.6. The summed E-state index contributed by atoms with van der Waals surface area (Å²) in [5.41, 5.74) is 2.74. The van der Waals surface area contributed by atoms with Crippen LogP contribution in [0.15, 0.2) is 29.3 Å². The van der Waals surface area contributed by atoms with Crippen molar-refractivity contribution in [2.45, 2.75) is 19.8 Å². The Labute approximate surface area is 115 Å². The molecule has 20 heavy (non-hydrogen) atoms. The molecule has 0 fully saturated rings. The average Bonchev–Trinajstić information content (AvgIpc) is 2.77. The largest absolute Gasteiger partial charge is 0.305 e. The lowest BCUT2D eigenvalue weighted by molar-refractivity contribution is 0.751. The minimum atomic E-state index is -0.167. The van der Waals surface area contributed by atoms with E-state index in [0.717, 1.165) is 24.1 Å². The topological polar surface area (TPSA) is 76.5 Å². The van der Waals surface area contributed by atoms with Crippen LogP contribution in [0.25, 0.3) is 22.4 Å². The highest BCUT2D eigenvalue weighted by Gasteiger charge is 2.14. The quantitative estimate of drug-likeness (QED) is 0.784. The summed E-state index contributed by atoms with van der Waals surface area (Å²) in [6.45, 7) is 2.08. The number of aromatic nitrogens is 5. The molecule has 0 aliphatic rings. The third kappa shape index (κ3) is 1.99. The summed E-state index contributed by atoms with van der Waals surface area (Å²) >= 11 is 0. The van der Waals surface area contributed by atoms with Crippen molar-refractivity contribution in [3.8, 4) is 11.4 Å². The summed E-state index contributed by atoms with van der Waals surface area (Å²) < 4.78 is 1.60. The van der Waals surface area contributed by atoms with E-state index in [1.165, 1.54) is 0 Å². The lowest BCUT2D eigenvalue weighted by Crippen LogP contribution is -2.12. The second-order valence-corrected chi connectivity index (χ2v) is 4.67. The van der Waals surface area contributed by atoms with Crippen LogP contribution >= 0.6 is 0 Å². The summed E-state index contributed by atoms with van der Waals surface area (Å²) in [6, 6.07) is 3.64. The molecular weight excluding hydrogens is 254 g/mol. The van der Waals surface area contributed by atoms with Crippen molar-refractivity contribution in [1.29, 1.82) is 0 Å². The third-order valence-corrected chi connectivity index (χ3v) is 3.20. The minimum Gasteiger partial charge on any atom is -0.305 e. The summed E-state index contributed by atoms with van der Waals surface area (Å²) in [5.74, 6) is 0.551. The van der Waals surface area contributed by atoms with Gasteiger partial charge in [0.25, 0.3) is 5.56 Å². The standard InChI is InChI=1S/C14H15N5O/c1-3-4-10-11-12(19(2)18-10)14(20)17-13(16-11)9-5-7-15-8-6-9/h5-8H,3-4H2,1-2H3,(H,16,17,20). The van der Waals surface area contributed by atoms with Gasteiger partial charge in [-0.15, -0.1) is 0 Å². The summed E-state index contributed by atoms with van der Waals surface area (Å²) in [6.07, 6.45) is 5.13. The highest BCUT2D eigenvalue weighted by molar-refractivity contribution is 5.78. The maximum Gasteiger partial charge on any atom is 0.277 e. The van der Waals surface area contributed by atoms with E-state index in [9.17, 15) is 4.79 Å². The lowest BCUT2D eigenvalue weighted by atomic mass is 10.2. The summed E-state index contributed by atoms with van der Waals surface area (Å²) in [7, 11) is 1.77. The lowest BCUT2D eigenvalue weighted by Gasteiger charge is -2.01. The SMILES string of the molecule is CCCc1nn(C)c2c(=O)[nH]c(-c3ccncc3)nc12. The van der Waals surface area contributed by atoms with Gasteiger partial charge in [0.05, 0.1) is 5.69 Å². The number of nitrogens with zero attached hydrogens (tertiary/aromatic N) is 4. The second kappa shape index (κ2) is 4.88. The van der Waals surface area contributed by atoms with Gasteiger partial charge in [0.2, 0.25) is 0 Å². The van der Waals surface area contributed by atoms with Gasteiger partial charge in [-0.3, -0.25) is 14.5 Å². The monoisotopic (exact) mass is 269 g/mol. The van der Waals surface area contributed by atoms with Crippen LogP contribution < -0.4 is 5.56 Å². The van der Waals surface area contributed by atoms with Crippen molar-refractivity contribution in [3.05, 3.63) is 40.6 Å². The van der Waals surface area contributed by atoms with Gasteiger partial charge in [0.15, 0.2) is 5.52 Å². The molecule has 0 unspecified atom stereocenters. The van der Waals surface area contributed by atoms with Crippen LogP contribution in [0.2, 0.25) is 0 Å². The van der Waals surface area contributed by atoms with Crippen LogP contribution in [0.1, 0.15) is 19.0 Å². The Bertz CT molecular complexity index is 804. The summed E-state index contributed by atoms with van der Waals surface area (Å²) in [5, 5.41) is 4.40. The van der Waals surface area contributed by atoms with Crippen LogP contribution in [0.3, 0.4) is 0 Å². The van der Waals surface area contributed by atoms with Gasteiger partial charge in [0, 0.05) is 25.0 Å². The number of hydrogen-bond donors (Lipinski definition) is 1. The number of pyridine rings is 1. The normalized spacial score (nSPS) is 11.1. The van der Waals surface area contributed by atoms with E-state index in [0.29, 0.717) is 16.9 Å². The van der Waals surface area contributed by atoms with Crippen molar-refractivity contribution >= 4 is 11.0 Å². The van der Waals surface area contributed by atoms with Gasteiger partial charge in [0.1, 0.15) is 11.3 Å². The molecule has 0 aliphatic carbocycles. The van der Waals surface area contributed by atoms with Gasteiger partial charge in [-0.05, 0) is 18.6 Å². The van der Waals surface area contributed by atoms with Crippen LogP contribution in [-0.2, 0) is 13.5 Å². The van der Waals surface area contributed by atoms with Gasteiger partial charge < -0.3 is 4.98 Å². The van der Waals surface area contributed by atoms with Crippen LogP contribution in [0, 0.1) is 0 Å².